The van der Waals surface area contributed by atoms with Gasteiger partial charge in [0.25, 0.3) is 5.91 Å². The van der Waals surface area contributed by atoms with E-state index in [0.717, 1.165) is 11.1 Å². The maximum absolute atomic E-state index is 13.4. The highest BCUT2D eigenvalue weighted by molar-refractivity contribution is 5.94. The summed E-state index contributed by atoms with van der Waals surface area (Å²) in [4.78, 5) is 23.8. The molecule has 4 heterocycles. The van der Waals surface area contributed by atoms with Crippen molar-refractivity contribution in [2.45, 2.75) is 38.0 Å². The van der Waals surface area contributed by atoms with Crippen LogP contribution in [0.5, 0.6) is 5.88 Å². The van der Waals surface area contributed by atoms with Gasteiger partial charge in [-0.1, -0.05) is 0 Å². The Bertz CT molecular complexity index is 1460. The number of aromatic nitrogens is 4. The highest BCUT2D eigenvalue weighted by Gasteiger charge is 2.56. The van der Waals surface area contributed by atoms with Gasteiger partial charge >= 0.3 is 0 Å². The number of benzene rings is 1. The van der Waals surface area contributed by atoms with Gasteiger partial charge in [0.05, 0.1) is 11.9 Å². The zero-order valence-electron chi connectivity index (χ0n) is 20.8. The lowest BCUT2D eigenvalue weighted by Gasteiger charge is -2.59. The fourth-order valence-electron chi connectivity index (χ4n) is 4.96. The van der Waals surface area contributed by atoms with Gasteiger partial charge in [-0.05, 0) is 49.7 Å². The molecule has 190 valence electrons. The number of rotatable bonds is 6. The van der Waals surface area contributed by atoms with Gasteiger partial charge in [-0.2, -0.15) is 5.10 Å². The first-order chi connectivity index (χ1) is 17.7. The van der Waals surface area contributed by atoms with Crippen LogP contribution in [0.3, 0.4) is 0 Å². The van der Waals surface area contributed by atoms with Crippen LogP contribution in [0.1, 0.15) is 36.3 Å². The third-order valence-electron chi connectivity index (χ3n) is 7.22. The quantitative estimate of drug-likeness (QED) is 0.427. The summed E-state index contributed by atoms with van der Waals surface area (Å²) in [6.45, 7) is 4.43. The molecular weight excluding hydrogens is 475 g/mol. The number of halogens is 1. The van der Waals surface area contributed by atoms with Crippen molar-refractivity contribution in [1.29, 1.82) is 0 Å². The molecule has 0 bridgehead atoms. The summed E-state index contributed by atoms with van der Waals surface area (Å²) >= 11 is 0. The topological polar surface area (TPSA) is 112 Å². The fourth-order valence-corrected chi connectivity index (χ4v) is 4.96. The average Bonchev–Trinajstić information content (AvgIpc) is 3.51. The van der Waals surface area contributed by atoms with E-state index in [-0.39, 0.29) is 29.8 Å². The average molecular weight is 503 g/mol. The highest BCUT2D eigenvalue weighted by atomic mass is 19.1. The third-order valence-corrected chi connectivity index (χ3v) is 7.22. The lowest BCUT2D eigenvalue weighted by molar-refractivity contribution is -0.119. The van der Waals surface area contributed by atoms with Crippen LogP contribution in [0.4, 0.5) is 4.39 Å². The minimum Gasteiger partial charge on any atom is -0.474 e. The van der Waals surface area contributed by atoms with E-state index < -0.39 is 5.54 Å². The molecule has 2 fully saturated rings. The summed E-state index contributed by atoms with van der Waals surface area (Å²) in [5.74, 6) is 0.708. The number of carbonyl (C=O) groups excluding carboxylic acids is 1. The van der Waals surface area contributed by atoms with E-state index in [0.29, 0.717) is 41.8 Å². The zero-order chi connectivity index (χ0) is 25.9. The third kappa shape index (κ3) is 4.17. The molecule has 1 aliphatic heterocycles. The molecule has 37 heavy (non-hydrogen) atoms. The molecule has 1 saturated heterocycles. The fraction of sp³-hybridized carbons (Fsp3) is 0.333. The number of piperidine rings is 1. The molecule has 0 spiro atoms. The summed E-state index contributed by atoms with van der Waals surface area (Å²) in [7, 11) is 1.74. The Morgan fingerprint density at radius 2 is 1.97 bits per heavy atom. The second-order valence-corrected chi connectivity index (χ2v) is 10.3. The van der Waals surface area contributed by atoms with Crippen LogP contribution in [0.15, 0.2) is 59.3 Å². The first-order valence-electron chi connectivity index (χ1n) is 12.2. The first-order valence-corrected chi connectivity index (χ1v) is 12.2. The van der Waals surface area contributed by atoms with Gasteiger partial charge in [0.2, 0.25) is 11.8 Å². The number of pyridine rings is 1. The molecule has 4 aromatic rings. The number of likely N-dealkylation sites (tertiary alicyclic amines) is 1. The van der Waals surface area contributed by atoms with Gasteiger partial charge in [0.1, 0.15) is 29.6 Å². The molecule has 1 aromatic carbocycles. The SMILES string of the molecule is Cn1nc(-c2ncco2)cc1C(=O)N1C[C@@H]2[C@H]1C[C@H]2Oc1cc(C(C)(C)N)cc(-c2ccc(F)cc2)n1. The molecule has 10 heteroatoms. The lowest BCUT2D eigenvalue weighted by Crippen LogP contribution is -2.71. The van der Waals surface area contributed by atoms with Crippen molar-refractivity contribution in [2.24, 2.45) is 18.7 Å². The largest absolute Gasteiger partial charge is 0.474 e. The Hall–Kier alpha value is -4.05. The van der Waals surface area contributed by atoms with Crippen LogP contribution in [-0.4, -0.2) is 49.2 Å². The maximum atomic E-state index is 13.4. The van der Waals surface area contributed by atoms with E-state index in [1.54, 1.807) is 36.1 Å². The van der Waals surface area contributed by atoms with Crippen molar-refractivity contribution in [2.75, 3.05) is 6.54 Å². The molecule has 1 aliphatic carbocycles. The highest BCUT2D eigenvalue weighted by Crippen LogP contribution is 2.45. The van der Waals surface area contributed by atoms with E-state index in [4.69, 9.17) is 14.9 Å². The summed E-state index contributed by atoms with van der Waals surface area (Å²) in [5.41, 5.74) is 9.11. The minimum atomic E-state index is -0.606. The molecular formula is C27H27FN6O3. The van der Waals surface area contributed by atoms with Crippen LogP contribution in [0, 0.1) is 11.7 Å². The normalized spacial score (nSPS) is 20.7. The van der Waals surface area contributed by atoms with Crippen molar-refractivity contribution in [3.05, 3.63) is 72.0 Å². The monoisotopic (exact) mass is 502 g/mol. The van der Waals surface area contributed by atoms with Crippen LogP contribution in [-0.2, 0) is 12.6 Å². The molecule has 1 amide bonds. The van der Waals surface area contributed by atoms with Crippen molar-refractivity contribution < 1.29 is 18.3 Å². The number of hydrogen-bond acceptors (Lipinski definition) is 7. The van der Waals surface area contributed by atoms with E-state index in [2.05, 4.69) is 15.1 Å². The van der Waals surface area contributed by atoms with Crippen LogP contribution in [0.2, 0.25) is 0 Å². The smallest absolute Gasteiger partial charge is 0.272 e. The standard InChI is InChI=1S/C27H27FN6O3/c1-27(2,29)16-10-19(15-4-6-17(28)7-5-15)31-24(11-16)37-23-13-21-18(23)14-34(21)26(35)22-12-20(32-33(22)3)25-30-8-9-36-25/h4-12,18,21,23H,13-14,29H2,1-3H3/t18-,21-,23-/m1/s1. The Balaban J connectivity index is 1.16. The summed E-state index contributed by atoms with van der Waals surface area (Å²) in [5, 5.41) is 4.36. The van der Waals surface area contributed by atoms with Crippen molar-refractivity contribution in [3.63, 3.8) is 0 Å². The molecule has 3 atom stereocenters. The zero-order valence-corrected chi connectivity index (χ0v) is 20.8. The first kappa shape index (κ1) is 23.4. The minimum absolute atomic E-state index is 0.0480. The number of amides is 1. The van der Waals surface area contributed by atoms with Gasteiger partial charge in [-0.25, -0.2) is 14.4 Å². The van der Waals surface area contributed by atoms with Crippen LogP contribution >= 0.6 is 0 Å². The molecule has 1 saturated carbocycles. The number of hydrogen-bond donors (Lipinski definition) is 1. The lowest BCUT2D eigenvalue weighted by atomic mass is 9.68. The summed E-state index contributed by atoms with van der Waals surface area (Å²) < 4.78 is 26.6. The number of nitrogens with zero attached hydrogens (tertiary/aromatic N) is 5. The van der Waals surface area contributed by atoms with E-state index in [1.165, 1.54) is 18.4 Å². The van der Waals surface area contributed by atoms with E-state index >= 15 is 0 Å². The predicted molar refractivity (Wildman–Crippen MR) is 133 cm³/mol. The predicted octanol–water partition coefficient (Wildman–Crippen LogP) is 3.76. The molecule has 2 N–H and O–H groups in total. The number of aryl methyl sites for hydroxylation is 1. The number of oxazole rings is 1. The number of fused-ring (bicyclic) bond motifs is 1. The molecule has 2 aliphatic rings. The summed E-state index contributed by atoms with van der Waals surface area (Å²) in [6.07, 6.45) is 3.68. The van der Waals surface area contributed by atoms with Crippen molar-refractivity contribution in [1.82, 2.24) is 24.6 Å². The van der Waals surface area contributed by atoms with Gasteiger partial charge in [-0.3, -0.25) is 9.48 Å². The van der Waals surface area contributed by atoms with Gasteiger partial charge in [0.15, 0.2) is 0 Å². The van der Waals surface area contributed by atoms with Gasteiger partial charge < -0.3 is 19.8 Å². The van der Waals surface area contributed by atoms with Crippen LogP contribution < -0.4 is 10.5 Å². The maximum Gasteiger partial charge on any atom is 0.272 e. The Morgan fingerprint density at radius 3 is 2.62 bits per heavy atom. The second kappa shape index (κ2) is 8.52. The van der Waals surface area contributed by atoms with Crippen LogP contribution in [0.25, 0.3) is 22.8 Å². The molecule has 0 radical (unpaired) electrons. The summed E-state index contributed by atoms with van der Waals surface area (Å²) in [6, 6.07) is 11.8. The Morgan fingerprint density at radius 1 is 1.19 bits per heavy atom. The van der Waals surface area contributed by atoms with Crippen molar-refractivity contribution in [3.8, 4) is 28.7 Å². The van der Waals surface area contributed by atoms with Crippen molar-refractivity contribution >= 4 is 5.91 Å². The van der Waals surface area contributed by atoms with Gasteiger partial charge in [0, 0.05) is 55.2 Å². The molecule has 6 rings (SSSR count). The van der Waals surface area contributed by atoms with E-state index in [1.807, 2.05) is 30.9 Å². The number of carbonyl (C=O) groups is 1. The number of ether oxygens (including phenoxy) is 1. The van der Waals surface area contributed by atoms with E-state index in [9.17, 15) is 9.18 Å². The molecule has 9 nitrogen and oxygen atoms in total. The number of nitrogens with two attached hydrogens (primary N) is 1. The molecule has 3 aromatic heterocycles. The second-order valence-electron chi connectivity index (χ2n) is 10.3. The Labute approximate surface area is 213 Å². The van der Waals surface area contributed by atoms with Gasteiger partial charge in [-0.15, -0.1) is 0 Å². The Kier molecular flexibility index (Phi) is 5.38. The molecule has 0 unspecified atom stereocenters.